The molecule has 64 valence electrons. The van der Waals surface area contributed by atoms with Crippen LogP contribution in [0.2, 0.25) is 5.02 Å². The Bertz CT molecular complexity index is 340. The first kappa shape index (κ1) is 8.93. The number of halogens is 3. The van der Waals surface area contributed by atoms with E-state index in [-0.39, 0.29) is 10.6 Å². The molecule has 2 nitrogen and oxygen atoms in total. The van der Waals surface area contributed by atoms with Crippen LogP contribution in [0.15, 0.2) is 12.1 Å². The summed E-state index contributed by atoms with van der Waals surface area (Å²) in [6.07, 6.45) is 0. The van der Waals surface area contributed by atoms with Gasteiger partial charge >= 0.3 is 0 Å². The highest BCUT2D eigenvalue weighted by atomic mass is 35.5. The standard InChI is InChI=1S/C7H4ClF2NO/c8-4-2-6(10)5(9)1-3(4)7(11)12/h1-2H,(H2,11,12). The summed E-state index contributed by atoms with van der Waals surface area (Å²) < 4.78 is 24.9. The van der Waals surface area contributed by atoms with Gasteiger partial charge in [-0.3, -0.25) is 4.79 Å². The molecule has 1 amide bonds. The Morgan fingerprint density at radius 3 is 2.33 bits per heavy atom. The van der Waals surface area contributed by atoms with Gasteiger partial charge in [0.05, 0.1) is 10.6 Å². The summed E-state index contributed by atoms with van der Waals surface area (Å²) in [4.78, 5) is 10.5. The first-order chi connectivity index (χ1) is 5.52. The number of nitrogens with two attached hydrogens (primary N) is 1. The second-order valence-corrected chi connectivity index (χ2v) is 2.52. The van der Waals surface area contributed by atoms with Crippen LogP contribution in [0.5, 0.6) is 0 Å². The van der Waals surface area contributed by atoms with Crippen LogP contribution in [0.25, 0.3) is 0 Å². The van der Waals surface area contributed by atoms with Gasteiger partial charge in [-0.15, -0.1) is 0 Å². The number of hydrogen-bond donors (Lipinski definition) is 1. The molecule has 1 rings (SSSR count). The number of rotatable bonds is 1. The quantitative estimate of drug-likeness (QED) is 0.675. The van der Waals surface area contributed by atoms with E-state index in [1.54, 1.807) is 0 Å². The minimum Gasteiger partial charge on any atom is -0.366 e. The number of benzene rings is 1. The Morgan fingerprint density at radius 1 is 1.33 bits per heavy atom. The molecule has 0 aliphatic heterocycles. The fraction of sp³-hybridized carbons (Fsp3) is 0. The number of primary amides is 1. The molecule has 1 aromatic carbocycles. The predicted octanol–water partition coefficient (Wildman–Crippen LogP) is 1.72. The molecule has 0 aliphatic rings. The van der Waals surface area contributed by atoms with E-state index in [2.05, 4.69) is 0 Å². The maximum Gasteiger partial charge on any atom is 0.250 e. The molecule has 2 N–H and O–H groups in total. The lowest BCUT2D eigenvalue weighted by atomic mass is 10.2. The van der Waals surface area contributed by atoms with Gasteiger partial charge in [0.15, 0.2) is 11.6 Å². The predicted molar refractivity (Wildman–Crippen MR) is 39.9 cm³/mol. The lowest BCUT2D eigenvalue weighted by Gasteiger charge is -1.99. The van der Waals surface area contributed by atoms with Gasteiger partial charge in [0.25, 0.3) is 0 Å². The zero-order valence-electron chi connectivity index (χ0n) is 5.77. The summed E-state index contributed by atoms with van der Waals surface area (Å²) in [6.45, 7) is 0. The van der Waals surface area contributed by atoms with Crippen LogP contribution in [0.1, 0.15) is 10.4 Å². The van der Waals surface area contributed by atoms with E-state index < -0.39 is 17.5 Å². The molecule has 0 saturated heterocycles. The van der Waals surface area contributed by atoms with Crippen LogP contribution in [0, 0.1) is 11.6 Å². The van der Waals surface area contributed by atoms with E-state index in [4.69, 9.17) is 17.3 Å². The third-order valence-corrected chi connectivity index (χ3v) is 1.59. The number of amides is 1. The van der Waals surface area contributed by atoms with Crippen molar-refractivity contribution in [3.05, 3.63) is 34.4 Å². The molecule has 0 fully saturated rings. The van der Waals surface area contributed by atoms with Crippen LogP contribution in [0.3, 0.4) is 0 Å². The highest BCUT2D eigenvalue weighted by Gasteiger charge is 2.11. The lowest BCUT2D eigenvalue weighted by molar-refractivity contribution is 0.1000. The molecule has 0 radical (unpaired) electrons. The molecule has 0 unspecified atom stereocenters. The van der Waals surface area contributed by atoms with Gasteiger partial charge in [0, 0.05) is 0 Å². The smallest absolute Gasteiger partial charge is 0.250 e. The molecule has 0 atom stereocenters. The van der Waals surface area contributed by atoms with Crippen molar-refractivity contribution in [1.82, 2.24) is 0 Å². The van der Waals surface area contributed by atoms with E-state index >= 15 is 0 Å². The molecular weight excluding hydrogens is 188 g/mol. The van der Waals surface area contributed by atoms with Gasteiger partial charge in [-0.1, -0.05) is 11.6 Å². The van der Waals surface area contributed by atoms with E-state index in [1.807, 2.05) is 0 Å². The average molecular weight is 192 g/mol. The van der Waals surface area contributed by atoms with Gasteiger partial charge in [0.1, 0.15) is 0 Å². The van der Waals surface area contributed by atoms with Crippen molar-refractivity contribution in [2.24, 2.45) is 5.73 Å². The first-order valence-corrected chi connectivity index (χ1v) is 3.34. The molecule has 0 heterocycles. The number of hydrogen-bond acceptors (Lipinski definition) is 1. The van der Waals surface area contributed by atoms with Gasteiger partial charge in [-0.2, -0.15) is 0 Å². The van der Waals surface area contributed by atoms with Crippen molar-refractivity contribution in [3.63, 3.8) is 0 Å². The van der Waals surface area contributed by atoms with Gasteiger partial charge in [0.2, 0.25) is 5.91 Å². The summed E-state index contributed by atoms with van der Waals surface area (Å²) in [6, 6.07) is 1.37. The molecule has 0 bridgehead atoms. The molecule has 12 heavy (non-hydrogen) atoms. The molecule has 1 aromatic rings. The molecule has 0 spiro atoms. The monoisotopic (exact) mass is 191 g/mol. The summed E-state index contributed by atoms with van der Waals surface area (Å²) in [5, 5.41) is -0.193. The van der Waals surface area contributed by atoms with Crippen molar-refractivity contribution in [2.75, 3.05) is 0 Å². The van der Waals surface area contributed by atoms with Crippen molar-refractivity contribution in [2.45, 2.75) is 0 Å². The Hall–Kier alpha value is -1.16. The third-order valence-electron chi connectivity index (χ3n) is 1.28. The van der Waals surface area contributed by atoms with Crippen LogP contribution >= 0.6 is 11.6 Å². The lowest BCUT2D eigenvalue weighted by Crippen LogP contribution is -2.12. The SMILES string of the molecule is NC(=O)c1cc(F)c(F)cc1Cl. The summed E-state index contributed by atoms with van der Waals surface area (Å²) >= 11 is 5.39. The maximum atomic E-state index is 12.5. The Kier molecular flexibility index (Phi) is 2.28. The fourth-order valence-corrected chi connectivity index (χ4v) is 0.955. The van der Waals surface area contributed by atoms with Crippen molar-refractivity contribution >= 4 is 17.5 Å². The van der Waals surface area contributed by atoms with Crippen LogP contribution in [-0.2, 0) is 0 Å². The van der Waals surface area contributed by atoms with E-state index in [9.17, 15) is 13.6 Å². The van der Waals surface area contributed by atoms with Crippen molar-refractivity contribution in [1.29, 1.82) is 0 Å². The summed E-state index contributed by atoms with van der Waals surface area (Å²) in [5.74, 6) is -3.14. The molecule has 5 heteroatoms. The van der Waals surface area contributed by atoms with Crippen LogP contribution in [0.4, 0.5) is 8.78 Å². The maximum absolute atomic E-state index is 12.5. The second kappa shape index (κ2) is 3.06. The van der Waals surface area contributed by atoms with Crippen LogP contribution < -0.4 is 5.73 Å². The zero-order chi connectivity index (χ0) is 9.30. The van der Waals surface area contributed by atoms with Gasteiger partial charge in [-0.05, 0) is 12.1 Å². The van der Waals surface area contributed by atoms with E-state index in [0.29, 0.717) is 12.1 Å². The second-order valence-electron chi connectivity index (χ2n) is 2.11. The number of carbonyl (C=O) groups excluding carboxylic acids is 1. The Morgan fingerprint density at radius 2 is 1.83 bits per heavy atom. The third kappa shape index (κ3) is 1.53. The van der Waals surface area contributed by atoms with E-state index in [1.165, 1.54) is 0 Å². The molecule has 0 aliphatic carbocycles. The zero-order valence-corrected chi connectivity index (χ0v) is 6.53. The minimum atomic E-state index is -1.15. The Labute approximate surface area is 71.9 Å². The highest BCUT2D eigenvalue weighted by Crippen LogP contribution is 2.19. The normalized spacial score (nSPS) is 9.92. The topological polar surface area (TPSA) is 43.1 Å². The number of carbonyl (C=O) groups is 1. The highest BCUT2D eigenvalue weighted by molar-refractivity contribution is 6.33. The van der Waals surface area contributed by atoms with E-state index in [0.717, 1.165) is 0 Å². The van der Waals surface area contributed by atoms with Crippen molar-refractivity contribution < 1.29 is 13.6 Å². The fourth-order valence-electron chi connectivity index (χ4n) is 0.711. The van der Waals surface area contributed by atoms with Gasteiger partial charge in [-0.25, -0.2) is 8.78 Å². The molecule has 0 aromatic heterocycles. The largest absolute Gasteiger partial charge is 0.366 e. The van der Waals surface area contributed by atoms with Crippen LogP contribution in [-0.4, -0.2) is 5.91 Å². The minimum absolute atomic E-state index is 0.193. The van der Waals surface area contributed by atoms with Crippen molar-refractivity contribution in [3.8, 4) is 0 Å². The van der Waals surface area contributed by atoms with Gasteiger partial charge < -0.3 is 5.73 Å². The Balaban J connectivity index is 3.33. The summed E-state index contributed by atoms with van der Waals surface area (Å²) in [5.41, 5.74) is 4.59. The molecular formula is C7H4ClF2NO. The summed E-state index contributed by atoms with van der Waals surface area (Å²) in [7, 11) is 0. The first-order valence-electron chi connectivity index (χ1n) is 2.96. The average Bonchev–Trinajstić information content (AvgIpc) is 1.96. The molecule has 0 saturated carbocycles.